The summed E-state index contributed by atoms with van der Waals surface area (Å²) in [6, 6.07) is 14.3. The van der Waals surface area contributed by atoms with Gasteiger partial charge in [-0.05, 0) is 35.2 Å². The van der Waals surface area contributed by atoms with Crippen LogP contribution in [-0.2, 0) is 9.53 Å². The van der Waals surface area contributed by atoms with E-state index in [2.05, 4.69) is 24.3 Å². The number of hydrogen-bond donors (Lipinski definition) is 1. The van der Waals surface area contributed by atoms with Crippen LogP contribution in [0.2, 0.25) is 0 Å². The summed E-state index contributed by atoms with van der Waals surface area (Å²) in [6.45, 7) is 4.17. The minimum atomic E-state index is -0.324. The topological polar surface area (TPSA) is 52.3 Å². The van der Waals surface area contributed by atoms with E-state index in [9.17, 15) is 4.79 Å². The maximum absolute atomic E-state index is 11.3. The first-order valence-electron chi connectivity index (χ1n) is 7.21. The van der Waals surface area contributed by atoms with Gasteiger partial charge in [0.15, 0.2) is 0 Å². The maximum Gasteiger partial charge on any atom is 0.330 e. The standard InChI is InChI=1S/C18H21NO2/c1-3-21-17(20)11-8-13(2)18(19)16-10-9-14-6-4-5-7-15(14)12-16/h4-13,18H,3,19H2,1-2H3. The number of hydrogen-bond acceptors (Lipinski definition) is 3. The van der Waals surface area contributed by atoms with E-state index in [0.29, 0.717) is 6.61 Å². The Morgan fingerprint density at radius 2 is 1.95 bits per heavy atom. The molecule has 2 rings (SSSR count). The Balaban J connectivity index is 2.13. The van der Waals surface area contributed by atoms with Crippen molar-refractivity contribution in [2.75, 3.05) is 6.61 Å². The Labute approximate surface area is 125 Å². The molecule has 0 fully saturated rings. The predicted octanol–water partition coefficient (Wildman–Crippen LogP) is 3.60. The van der Waals surface area contributed by atoms with E-state index < -0.39 is 0 Å². The number of nitrogens with two attached hydrogens (primary N) is 1. The van der Waals surface area contributed by atoms with E-state index in [0.717, 1.165) is 5.56 Å². The Hall–Kier alpha value is -2.13. The first-order chi connectivity index (χ1) is 10.1. The SMILES string of the molecule is CCOC(=O)C=CC(C)C(N)c1ccc2ccccc2c1. The highest BCUT2D eigenvalue weighted by molar-refractivity contribution is 5.83. The monoisotopic (exact) mass is 283 g/mol. The Kier molecular flexibility index (Phi) is 5.12. The minimum absolute atomic E-state index is 0.0515. The van der Waals surface area contributed by atoms with Gasteiger partial charge in [-0.15, -0.1) is 0 Å². The van der Waals surface area contributed by atoms with Crippen LogP contribution >= 0.6 is 0 Å². The van der Waals surface area contributed by atoms with E-state index >= 15 is 0 Å². The number of ether oxygens (including phenoxy) is 1. The van der Waals surface area contributed by atoms with E-state index in [-0.39, 0.29) is 17.9 Å². The van der Waals surface area contributed by atoms with Crippen LogP contribution in [0.25, 0.3) is 10.8 Å². The second kappa shape index (κ2) is 7.04. The fourth-order valence-electron chi connectivity index (χ4n) is 2.26. The molecule has 2 aromatic carbocycles. The van der Waals surface area contributed by atoms with E-state index in [4.69, 9.17) is 10.5 Å². The van der Waals surface area contributed by atoms with E-state index in [1.807, 2.05) is 25.1 Å². The van der Waals surface area contributed by atoms with Gasteiger partial charge in [0.2, 0.25) is 0 Å². The molecule has 2 N–H and O–H groups in total. The molecular weight excluding hydrogens is 262 g/mol. The molecule has 2 aromatic rings. The highest BCUT2D eigenvalue weighted by atomic mass is 16.5. The van der Waals surface area contributed by atoms with E-state index in [1.165, 1.54) is 16.8 Å². The van der Waals surface area contributed by atoms with Gasteiger partial charge in [-0.3, -0.25) is 0 Å². The van der Waals surface area contributed by atoms with Gasteiger partial charge in [0.25, 0.3) is 0 Å². The van der Waals surface area contributed by atoms with Crippen molar-refractivity contribution < 1.29 is 9.53 Å². The zero-order chi connectivity index (χ0) is 15.2. The summed E-state index contributed by atoms with van der Waals surface area (Å²) < 4.78 is 4.87. The molecule has 0 aliphatic rings. The molecule has 2 atom stereocenters. The second-order valence-corrected chi connectivity index (χ2v) is 5.10. The molecule has 0 aromatic heterocycles. The van der Waals surface area contributed by atoms with Crippen LogP contribution in [0.15, 0.2) is 54.6 Å². The summed E-state index contributed by atoms with van der Waals surface area (Å²) in [5.41, 5.74) is 7.35. The van der Waals surface area contributed by atoms with Crippen molar-refractivity contribution in [2.45, 2.75) is 19.9 Å². The molecule has 110 valence electrons. The zero-order valence-corrected chi connectivity index (χ0v) is 12.5. The number of benzene rings is 2. The van der Waals surface area contributed by atoms with Crippen molar-refractivity contribution in [1.29, 1.82) is 0 Å². The van der Waals surface area contributed by atoms with Crippen molar-refractivity contribution >= 4 is 16.7 Å². The summed E-state index contributed by atoms with van der Waals surface area (Å²) in [5.74, 6) is -0.273. The van der Waals surface area contributed by atoms with Gasteiger partial charge in [-0.1, -0.05) is 49.4 Å². The Bertz CT molecular complexity index is 648. The largest absolute Gasteiger partial charge is 0.463 e. The van der Waals surface area contributed by atoms with Crippen molar-refractivity contribution in [3.05, 3.63) is 60.2 Å². The average molecular weight is 283 g/mol. The minimum Gasteiger partial charge on any atom is -0.463 e. The zero-order valence-electron chi connectivity index (χ0n) is 12.5. The number of fused-ring (bicyclic) bond motifs is 1. The van der Waals surface area contributed by atoms with Crippen LogP contribution in [0.4, 0.5) is 0 Å². The molecule has 3 nitrogen and oxygen atoms in total. The fourth-order valence-corrected chi connectivity index (χ4v) is 2.26. The third-order valence-corrected chi connectivity index (χ3v) is 3.55. The number of esters is 1. The van der Waals surface area contributed by atoms with Crippen LogP contribution in [0.1, 0.15) is 25.5 Å². The van der Waals surface area contributed by atoms with Gasteiger partial charge in [-0.25, -0.2) is 4.79 Å². The number of rotatable bonds is 5. The molecule has 0 saturated carbocycles. The van der Waals surface area contributed by atoms with Gasteiger partial charge >= 0.3 is 5.97 Å². The number of carbonyl (C=O) groups excluding carboxylic acids is 1. The van der Waals surface area contributed by atoms with Gasteiger partial charge in [-0.2, -0.15) is 0 Å². The summed E-state index contributed by atoms with van der Waals surface area (Å²) in [6.07, 6.45) is 3.26. The molecule has 0 amide bonds. The molecule has 0 aliphatic carbocycles. The lowest BCUT2D eigenvalue weighted by Crippen LogP contribution is -2.17. The lowest BCUT2D eigenvalue weighted by Gasteiger charge is -2.17. The Morgan fingerprint density at radius 3 is 2.67 bits per heavy atom. The van der Waals surface area contributed by atoms with Crippen LogP contribution in [0, 0.1) is 5.92 Å². The average Bonchev–Trinajstić information content (AvgIpc) is 2.51. The third kappa shape index (κ3) is 3.92. The van der Waals surface area contributed by atoms with Crippen molar-refractivity contribution in [3.8, 4) is 0 Å². The molecule has 0 radical (unpaired) electrons. The van der Waals surface area contributed by atoms with Gasteiger partial charge in [0.1, 0.15) is 0 Å². The molecule has 21 heavy (non-hydrogen) atoms. The Morgan fingerprint density at radius 1 is 1.24 bits per heavy atom. The lowest BCUT2D eigenvalue weighted by molar-refractivity contribution is -0.137. The highest BCUT2D eigenvalue weighted by Crippen LogP contribution is 2.24. The quantitative estimate of drug-likeness (QED) is 0.674. The van der Waals surface area contributed by atoms with Crippen molar-refractivity contribution in [1.82, 2.24) is 0 Å². The lowest BCUT2D eigenvalue weighted by atomic mass is 9.93. The third-order valence-electron chi connectivity index (χ3n) is 3.55. The second-order valence-electron chi connectivity index (χ2n) is 5.10. The van der Waals surface area contributed by atoms with Crippen LogP contribution in [0.5, 0.6) is 0 Å². The summed E-state index contributed by atoms with van der Waals surface area (Å²) in [4.78, 5) is 11.3. The van der Waals surface area contributed by atoms with Crippen molar-refractivity contribution in [3.63, 3.8) is 0 Å². The molecule has 2 unspecified atom stereocenters. The molecular formula is C18H21NO2. The maximum atomic E-state index is 11.3. The molecule has 0 heterocycles. The van der Waals surface area contributed by atoms with Crippen LogP contribution in [-0.4, -0.2) is 12.6 Å². The summed E-state index contributed by atoms with van der Waals surface area (Å²) in [7, 11) is 0. The molecule has 0 aliphatic heterocycles. The predicted molar refractivity (Wildman–Crippen MR) is 85.8 cm³/mol. The highest BCUT2D eigenvalue weighted by Gasteiger charge is 2.13. The van der Waals surface area contributed by atoms with Gasteiger partial charge in [0, 0.05) is 12.1 Å². The normalized spacial score (nSPS) is 14.2. The fraction of sp³-hybridized carbons (Fsp3) is 0.278. The van der Waals surface area contributed by atoms with E-state index in [1.54, 1.807) is 13.0 Å². The molecule has 0 saturated heterocycles. The summed E-state index contributed by atoms with van der Waals surface area (Å²) in [5, 5.41) is 2.37. The molecule has 3 heteroatoms. The van der Waals surface area contributed by atoms with Crippen molar-refractivity contribution in [2.24, 2.45) is 11.7 Å². The number of carbonyl (C=O) groups is 1. The summed E-state index contributed by atoms with van der Waals surface area (Å²) >= 11 is 0. The van der Waals surface area contributed by atoms with Gasteiger partial charge < -0.3 is 10.5 Å². The molecule has 0 bridgehead atoms. The van der Waals surface area contributed by atoms with Crippen LogP contribution < -0.4 is 5.73 Å². The van der Waals surface area contributed by atoms with Crippen LogP contribution in [0.3, 0.4) is 0 Å². The smallest absolute Gasteiger partial charge is 0.330 e. The molecule has 0 spiro atoms. The van der Waals surface area contributed by atoms with Gasteiger partial charge in [0.05, 0.1) is 6.61 Å². The first-order valence-corrected chi connectivity index (χ1v) is 7.21. The first kappa shape index (κ1) is 15.3.